The molecule has 1 aliphatic rings. The van der Waals surface area contributed by atoms with Gasteiger partial charge in [0.05, 0.1) is 17.0 Å². The highest BCUT2D eigenvalue weighted by molar-refractivity contribution is 7.85. The second-order valence-electron chi connectivity index (χ2n) is 6.34. The van der Waals surface area contributed by atoms with E-state index in [2.05, 4.69) is 36.5 Å². The molecule has 1 saturated heterocycles. The lowest BCUT2D eigenvalue weighted by Gasteiger charge is -2.29. The van der Waals surface area contributed by atoms with Crippen molar-refractivity contribution in [2.45, 2.75) is 43.7 Å². The standard InChI is InChI=1S/C12H17NO.C7H8O3S/c1-9-4-6-10(7-5-9)12-11(14)3-2-8-13-12;1-6-2-4-7(5-3-6)11(8,9)10/h4-7,11-14H,2-3,8H2,1H3;2-5H,1H3,(H,8,9,10). The van der Waals surface area contributed by atoms with Crippen LogP contribution in [-0.2, 0) is 10.1 Å². The predicted molar refractivity (Wildman–Crippen MR) is 98.2 cm³/mol. The van der Waals surface area contributed by atoms with Crippen molar-refractivity contribution in [3.05, 3.63) is 65.2 Å². The minimum atomic E-state index is -4.02. The van der Waals surface area contributed by atoms with Crippen LogP contribution in [0.3, 0.4) is 0 Å². The Balaban J connectivity index is 0.000000186. The molecular formula is C19H25NO4S. The predicted octanol–water partition coefficient (Wildman–Crippen LogP) is 3.02. The van der Waals surface area contributed by atoms with Gasteiger partial charge in [0.2, 0.25) is 0 Å². The highest BCUT2D eigenvalue weighted by Gasteiger charge is 2.23. The van der Waals surface area contributed by atoms with Crippen molar-refractivity contribution in [3.63, 3.8) is 0 Å². The first-order valence-electron chi connectivity index (χ1n) is 8.29. The van der Waals surface area contributed by atoms with Crippen molar-refractivity contribution in [3.8, 4) is 0 Å². The van der Waals surface area contributed by atoms with Crippen molar-refractivity contribution >= 4 is 10.1 Å². The zero-order valence-corrected chi connectivity index (χ0v) is 15.3. The molecule has 2 aromatic rings. The summed E-state index contributed by atoms with van der Waals surface area (Å²) in [7, 11) is -4.02. The number of aryl methyl sites for hydroxylation is 2. The van der Waals surface area contributed by atoms with Crippen molar-refractivity contribution in [1.29, 1.82) is 0 Å². The Bertz CT molecular complexity index is 770. The quantitative estimate of drug-likeness (QED) is 0.714. The maximum absolute atomic E-state index is 10.5. The van der Waals surface area contributed by atoms with Crippen LogP contribution in [0.4, 0.5) is 0 Å². The van der Waals surface area contributed by atoms with Gasteiger partial charge in [-0.15, -0.1) is 0 Å². The highest BCUT2D eigenvalue weighted by Crippen LogP contribution is 2.23. The molecule has 5 nitrogen and oxygen atoms in total. The van der Waals surface area contributed by atoms with Gasteiger partial charge in [-0.2, -0.15) is 8.42 Å². The summed E-state index contributed by atoms with van der Waals surface area (Å²) < 4.78 is 29.6. The molecule has 136 valence electrons. The number of aliphatic hydroxyl groups is 1. The zero-order chi connectivity index (χ0) is 18.4. The summed E-state index contributed by atoms with van der Waals surface area (Å²) in [6.45, 7) is 4.93. The molecule has 0 amide bonds. The molecular weight excluding hydrogens is 338 g/mol. The van der Waals surface area contributed by atoms with E-state index in [0.29, 0.717) is 0 Å². The molecule has 1 heterocycles. The van der Waals surface area contributed by atoms with Gasteiger partial charge < -0.3 is 10.4 Å². The molecule has 1 aliphatic heterocycles. The van der Waals surface area contributed by atoms with E-state index in [4.69, 9.17) is 4.55 Å². The molecule has 0 aliphatic carbocycles. The third kappa shape index (κ3) is 5.93. The highest BCUT2D eigenvalue weighted by atomic mass is 32.2. The average Bonchev–Trinajstić information content (AvgIpc) is 2.56. The topological polar surface area (TPSA) is 86.6 Å². The largest absolute Gasteiger partial charge is 0.391 e. The van der Waals surface area contributed by atoms with Gasteiger partial charge in [-0.05, 0) is 50.9 Å². The van der Waals surface area contributed by atoms with E-state index in [-0.39, 0.29) is 17.0 Å². The summed E-state index contributed by atoms with van der Waals surface area (Å²) in [6, 6.07) is 14.5. The van der Waals surface area contributed by atoms with E-state index in [1.54, 1.807) is 12.1 Å². The summed E-state index contributed by atoms with van der Waals surface area (Å²) in [5, 5.41) is 13.2. The van der Waals surface area contributed by atoms with Crippen LogP contribution in [0.25, 0.3) is 0 Å². The van der Waals surface area contributed by atoms with Crippen LogP contribution < -0.4 is 5.32 Å². The summed E-state index contributed by atoms with van der Waals surface area (Å²) in [5.74, 6) is 0. The zero-order valence-electron chi connectivity index (χ0n) is 14.5. The van der Waals surface area contributed by atoms with Crippen LogP contribution in [0.5, 0.6) is 0 Å². The van der Waals surface area contributed by atoms with Gasteiger partial charge in [0, 0.05) is 0 Å². The fourth-order valence-corrected chi connectivity index (χ4v) is 3.18. The van der Waals surface area contributed by atoms with Gasteiger partial charge in [-0.25, -0.2) is 0 Å². The van der Waals surface area contributed by atoms with E-state index in [1.807, 2.05) is 6.92 Å². The van der Waals surface area contributed by atoms with Crippen molar-refractivity contribution < 1.29 is 18.1 Å². The minimum Gasteiger partial charge on any atom is -0.391 e. The normalized spacial score (nSPS) is 20.5. The number of benzene rings is 2. The molecule has 6 heteroatoms. The maximum Gasteiger partial charge on any atom is 0.294 e. The molecule has 0 bridgehead atoms. The van der Waals surface area contributed by atoms with E-state index < -0.39 is 10.1 Å². The van der Waals surface area contributed by atoms with Crippen LogP contribution in [0, 0.1) is 13.8 Å². The summed E-state index contributed by atoms with van der Waals surface area (Å²) in [4.78, 5) is -0.0666. The van der Waals surface area contributed by atoms with E-state index >= 15 is 0 Å². The average molecular weight is 363 g/mol. The minimum absolute atomic E-state index is 0.0666. The van der Waals surface area contributed by atoms with Gasteiger partial charge in [-0.3, -0.25) is 4.55 Å². The van der Waals surface area contributed by atoms with Crippen molar-refractivity contribution in [2.75, 3.05) is 6.54 Å². The summed E-state index contributed by atoms with van der Waals surface area (Å²) in [5.41, 5.74) is 3.42. The Kier molecular flexibility index (Phi) is 6.72. The molecule has 0 radical (unpaired) electrons. The van der Waals surface area contributed by atoms with Gasteiger partial charge in [0.15, 0.2) is 0 Å². The first-order valence-corrected chi connectivity index (χ1v) is 9.73. The number of rotatable bonds is 2. The van der Waals surface area contributed by atoms with E-state index in [1.165, 1.54) is 23.3 Å². The van der Waals surface area contributed by atoms with Crippen LogP contribution in [-0.4, -0.2) is 30.7 Å². The molecule has 2 aromatic carbocycles. The Morgan fingerprint density at radius 1 is 0.960 bits per heavy atom. The Labute approximate surface area is 149 Å². The molecule has 0 aromatic heterocycles. The summed E-state index contributed by atoms with van der Waals surface area (Å²) in [6.07, 6.45) is 1.75. The van der Waals surface area contributed by atoms with Crippen LogP contribution in [0.15, 0.2) is 53.4 Å². The number of aliphatic hydroxyl groups excluding tert-OH is 1. The fraction of sp³-hybridized carbons (Fsp3) is 0.368. The van der Waals surface area contributed by atoms with Gasteiger partial charge in [-0.1, -0.05) is 47.5 Å². The van der Waals surface area contributed by atoms with Crippen LogP contribution in [0.1, 0.15) is 35.6 Å². The van der Waals surface area contributed by atoms with E-state index in [9.17, 15) is 13.5 Å². The Morgan fingerprint density at radius 2 is 1.48 bits per heavy atom. The lowest BCUT2D eigenvalue weighted by Crippen LogP contribution is -2.37. The van der Waals surface area contributed by atoms with Crippen LogP contribution in [0.2, 0.25) is 0 Å². The second-order valence-corrected chi connectivity index (χ2v) is 7.76. The van der Waals surface area contributed by atoms with Crippen molar-refractivity contribution in [1.82, 2.24) is 5.32 Å². The first kappa shape index (κ1) is 19.6. The molecule has 3 N–H and O–H groups in total. The number of hydrogen-bond acceptors (Lipinski definition) is 4. The lowest BCUT2D eigenvalue weighted by atomic mass is 9.94. The monoisotopic (exact) mass is 363 g/mol. The second kappa shape index (κ2) is 8.58. The molecule has 0 saturated carbocycles. The Hall–Kier alpha value is -1.73. The SMILES string of the molecule is Cc1ccc(C2NCCCC2O)cc1.Cc1ccc(S(=O)(=O)O)cc1. The molecule has 2 atom stereocenters. The molecule has 25 heavy (non-hydrogen) atoms. The smallest absolute Gasteiger partial charge is 0.294 e. The number of nitrogens with one attached hydrogen (secondary N) is 1. The molecule has 2 unspecified atom stereocenters. The first-order chi connectivity index (χ1) is 11.8. The third-order valence-corrected chi connectivity index (χ3v) is 5.05. The van der Waals surface area contributed by atoms with Crippen molar-refractivity contribution in [2.24, 2.45) is 0 Å². The molecule has 1 fully saturated rings. The van der Waals surface area contributed by atoms with Gasteiger partial charge in [0.25, 0.3) is 10.1 Å². The number of piperidine rings is 1. The van der Waals surface area contributed by atoms with Gasteiger partial charge in [0.1, 0.15) is 0 Å². The van der Waals surface area contributed by atoms with Crippen LogP contribution >= 0.6 is 0 Å². The van der Waals surface area contributed by atoms with E-state index in [0.717, 1.165) is 24.9 Å². The maximum atomic E-state index is 10.5. The Morgan fingerprint density at radius 3 is 1.96 bits per heavy atom. The van der Waals surface area contributed by atoms with Gasteiger partial charge >= 0.3 is 0 Å². The fourth-order valence-electron chi connectivity index (χ4n) is 2.70. The summed E-state index contributed by atoms with van der Waals surface area (Å²) >= 11 is 0. The molecule has 3 rings (SSSR count). The molecule has 0 spiro atoms. The lowest BCUT2D eigenvalue weighted by molar-refractivity contribution is 0.0965. The third-order valence-electron chi connectivity index (χ3n) is 4.18. The number of hydrogen-bond donors (Lipinski definition) is 3.